The van der Waals surface area contributed by atoms with Gasteiger partial charge in [0, 0.05) is 4.47 Å². The van der Waals surface area contributed by atoms with Crippen molar-refractivity contribution in [2.24, 2.45) is 0 Å². The van der Waals surface area contributed by atoms with Crippen molar-refractivity contribution in [3.05, 3.63) is 69.7 Å². The summed E-state index contributed by atoms with van der Waals surface area (Å²) in [5.41, 5.74) is 3.96. The van der Waals surface area contributed by atoms with Crippen molar-refractivity contribution >= 4 is 27.5 Å². The van der Waals surface area contributed by atoms with Gasteiger partial charge < -0.3 is 0 Å². The van der Waals surface area contributed by atoms with Gasteiger partial charge in [0.05, 0.1) is 5.38 Å². The van der Waals surface area contributed by atoms with E-state index in [1.54, 1.807) is 0 Å². The second-order valence-electron chi connectivity index (χ2n) is 6.17. The molecule has 0 radical (unpaired) electrons. The summed E-state index contributed by atoms with van der Waals surface area (Å²) in [5.74, 6) is 0. The van der Waals surface area contributed by atoms with Crippen molar-refractivity contribution in [1.29, 1.82) is 0 Å². The zero-order valence-corrected chi connectivity index (χ0v) is 14.5. The molecule has 2 aromatic carbocycles. The van der Waals surface area contributed by atoms with E-state index in [0.29, 0.717) is 0 Å². The molecule has 0 saturated heterocycles. The Kier molecular flexibility index (Phi) is 4.93. The van der Waals surface area contributed by atoms with Crippen molar-refractivity contribution in [2.45, 2.75) is 38.0 Å². The lowest BCUT2D eigenvalue weighted by Crippen LogP contribution is -2.10. The molecule has 106 valence electrons. The first kappa shape index (κ1) is 15.6. The first-order chi connectivity index (χ1) is 9.36. The minimum atomic E-state index is 0.0123. The summed E-state index contributed by atoms with van der Waals surface area (Å²) >= 11 is 10.0. The average molecular weight is 352 g/mol. The van der Waals surface area contributed by atoms with E-state index in [4.69, 9.17) is 11.6 Å². The van der Waals surface area contributed by atoms with Gasteiger partial charge in [0.25, 0.3) is 0 Å². The number of alkyl halides is 1. The van der Waals surface area contributed by atoms with Gasteiger partial charge in [-0.15, -0.1) is 11.6 Å². The fraction of sp³-hybridized carbons (Fsp3) is 0.333. The number of halogens is 2. The van der Waals surface area contributed by atoms with Crippen LogP contribution in [0.1, 0.15) is 42.8 Å². The van der Waals surface area contributed by atoms with E-state index in [1.807, 2.05) is 12.1 Å². The molecule has 0 aliphatic heterocycles. The van der Waals surface area contributed by atoms with E-state index in [0.717, 1.165) is 10.9 Å². The van der Waals surface area contributed by atoms with E-state index < -0.39 is 0 Å². The van der Waals surface area contributed by atoms with Crippen LogP contribution in [-0.4, -0.2) is 0 Å². The first-order valence-corrected chi connectivity index (χ1v) is 8.08. The standard InChI is InChI=1S/C18H20BrCl/c1-18(2,3)15-9-7-14(8-10-15)17(20)12-13-5-4-6-16(19)11-13/h4-11,17H,12H2,1-3H3. The second kappa shape index (κ2) is 6.32. The summed E-state index contributed by atoms with van der Waals surface area (Å²) < 4.78 is 1.10. The molecule has 2 aromatic rings. The second-order valence-corrected chi connectivity index (χ2v) is 7.62. The molecule has 20 heavy (non-hydrogen) atoms. The zero-order valence-electron chi connectivity index (χ0n) is 12.2. The first-order valence-electron chi connectivity index (χ1n) is 6.85. The maximum absolute atomic E-state index is 6.54. The van der Waals surface area contributed by atoms with Crippen LogP contribution in [-0.2, 0) is 11.8 Å². The normalized spacial score (nSPS) is 13.2. The summed E-state index contributed by atoms with van der Waals surface area (Å²) in [6.07, 6.45) is 0.843. The van der Waals surface area contributed by atoms with Crippen LogP contribution in [0.15, 0.2) is 53.0 Å². The van der Waals surface area contributed by atoms with E-state index in [9.17, 15) is 0 Å². The average Bonchev–Trinajstić information content (AvgIpc) is 2.38. The van der Waals surface area contributed by atoms with Gasteiger partial charge in [-0.25, -0.2) is 0 Å². The van der Waals surface area contributed by atoms with Gasteiger partial charge in [-0.3, -0.25) is 0 Å². The van der Waals surface area contributed by atoms with Crippen LogP contribution < -0.4 is 0 Å². The molecule has 0 saturated carbocycles. The third kappa shape index (κ3) is 4.10. The maximum atomic E-state index is 6.54. The Morgan fingerprint density at radius 1 is 1.05 bits per heavy atom. The van der Waals surface area contributed by atoms with Crippen LogP contribution in [0.2, 0.25) is 0 Å². The molecule has 1 unspecified atom stereocenters. The van der Waals surface area contributed by atoms with Crippen LogP contribution >= 0.6 is 27.5 Å². The number of rotatable bonds is 3. The van der Waals surface area contributed by atoms with E-state index in [1.165, 1.54) is 16.7 Å². The van der Waals surface area contributed by atoms with Crippen molar-refractivity contribution in [3.8, 4) is 0 Å². The van der Waals surface area contributed by atoms with Crippen molar-refractivity contribution < 1.29 is 0 Å². The highest BCUT2D eigenvalue weighted by Crippen LogP contribution is 2.29. The van der Waals surface area contributed by atoms with Gasteiger partial charge in [0.2, 0.25) is 0 Å². The van der Waals surface area contributed by atoms with Crippen molar-refractivity contribution in [3.63, 3.8) is 0 Å². The monoisotopic (exact) mass is 350 g/mol. The predicted molar refractivity (Wildman–Crippen MR) is 91.6 cm³/mol. The van der Waals surface area contributed by atoms with Crippen LogP contribution in [0.3, 0.4) is 0 Å². The Bertz CT molecular complexity index is 567. The quantitative estimate of drug-likeness (QED) is 0.572. The molecule has 0 aromatic heterocycles. The summed E-state index contributed by atoms with van der Waals surface area (Å²) in [6, 6.07) is 17.0. The molecular formula is C18H20BrCl. The highest BCUT2D eigenvalue weighted by molar-refractivity contribution is 9.10. The van der Waals surface area contributed by atoms with E-state index >= 15 is 0 Å². The molecule has 0 amide bonds. The Balaban J connectivity index is 2.11. The van der Waals surface area contributed by atoms with Gasteiger partial charge in [0.15, 0.2) is 0 Å². The smallest absolute Gasteiger partial charge is 0.0625 e. The minimum Gasteiger partial charge on any atom is -0.117 e. The topological polar surface area (TPSA) is 0 Å². The minimum absolute atomic E-state index is 0.0123. The summed E-state index contributed by atoms with van der Waals surface area (Å²) in [5, 5.41) is 0.0123. The Morgan fingerprint density at radius 3 is 2.25 bits per heavy atom. The Hall–Kier alpha value is -0.790. The molecule has 2 heteroatoms. The fourth-order valence-electron chi connectivity index (χ4n) is 2.18. The zero-order chi connectivity index (χ0) is 14.8. The summed E-state index contributed by atoms with van der Waals surface area (Å²) in [4.78, 5) is 0. The molecule has 1 atom stereocenters. The number of benzene rings is 2. The van der Waals surface area contributed by atoms with E-state index in [-0.39, 0.29) is 10.8 Å². The van der Waals surface area contributed by atoms with E-state index in [2.05, 4.69) is 73.1 Å². The highest BCUT2D eigenvalue weighted by atomic mass is 79.9. The molecule has 0 heterocycles. The lowest BCUT2D eigenvalue weighted by atomic mass is 9.86. The maximum Gasteiger partial charge on any atom is 0.0625 e. The molecule has 0 N–H and O–H groups in total. The van der Waals surface area contributed by atoms with Crippen LogP contribution in [0.5, 0.6) is 0 Å². The van der Waals surface area contributed by atoms with Gasteiger partial charge in [-0.1, -0.05) is 73.1 Å². The number of hydrogen-bond acceptors (Lipinski definition) is 0. The third-order valence-electron chi connectivity index (χ3n) is 3.44. The molecule has 0 spiro atoms. The highest BCUT2D eigenvalue weighted by Gasteiger charge is 2.15. The van der Waals surface area contributed by atoms with Gasteiger partial charge in [-0.2, -0.15) is 0 Å². The molecule has 0 fully saturated rings. The lowest BCUT2D eigenvalue weighted by molar-refractivity contribution is 0.590. The molecule has 0 bridgehead atoms. The van der Waals surface area contributed by atoms with Crippen molar-refractivity contribution in [1.82, 2.24) is 0 Å². The number of hydrogen-bond donors (Lipinski definition) is 0. The molecule has 2 rings (SSSR count). The van der Waals surface area contributed by atoms with Crippen LogP contribution in [0, 0.1) is 0 Å². The molecule has 0 aliphatic rings. The summed E-state index contributed by atoms with van der Waals surface area (Å²) in [7, 11) is 0. The molecule has 0 aliphatic carbocycles. The SMILES string of the molecule is CC(C)(C)c1ccc(C(Cl)Cc2cccc(Br)c2)cc1. The largest absolute Gasteiger partial charge is 0.117 e. The fourth-order valence-corrected chi connectivity index (χ4v) is 2.95. The Labute approximate surface area is 135 Å². The lowest BCUT2D eigenvalue weighted by Gasteiger charge is -2.20. The Morgan fingerprint density at radius 2 is 1.70 bits per heavy atom. The molecular weight excluding hydrogens is 332 g/mol. The van der Waals surface area contributed by atoms with Crippen molar-refractivity contribution in [2.75, 3.05) is 0 Å². The van der Waals surface area contributed by atoms with Gasteiger partial charge in [0.1, 0.15) is 0 Å². The third-order valence-corrected chi connectivity index (χ3v) is 4.34. The molecule has 0 nitrogen and oxygen atoms in total. The van der Waals surface area contributed by atoms with Gasteiger partial charge in [-0.05, 0) is 40.7 Å². The summed E-state index contributed by atoms with van der Waals surface area (Å²) in [6.45, 7) is 6.67. The van der Waals surface area contributed by atoms with Gasteiger partial charge >= 0.3 is 0 Å². The van der Waals surface area contributed by atoms with Crippen LogP contribution in [0.25, 0.3) is 0 Å². The van der Waals surface area contributed by atoms with Crippen LogP contribution in [0.4, 0.5) is 0 Å². The predicted octanol–water partition coefficient (Wildman–Crippen LogP) is 6.27.